The molecule has 0 radical (unpaired) electrons. The van der Waals surface area contributed by atoms with Crippen LogP contribution in [-0.4, -0.2) is 55.0 Å². The van der Waals surface area contributed by atoms with Gasteiger partial charge in [-0.25, -0.2) is 0 Å². The Bertz CT molecular complexity index is 675. The molecule has 1 saturated heterocycles. The second-order valence-electron chi connectivity index (χ2n) is 6.50. The summed E-state index contributed by atoms with van der Waals surface area (Å²) in [5.41, 5.74) is 2.86. The maximum absolute atomic E-state index is 12.5. The number of carbonyl (C=O) groups excluding carboxylic acids is 3. The van der Waals surface area contributed by atoms with Crippen molar-refractivity contribution in [1.82, 2.24) is 10.2 Å². The van der Waals surface area contributed by atoms with Gasteiger partial charge >= 0.3 is 5.97 Å². The second-order valence-corrected chi connectivity index (χ2v) is 6.50. The number of hydrogen-bond acceptors (Lipinski definition) is 5. The van der Waals surface area contributed by atoms with Gasteiger partial charge in [0.15, 0.2) is 0 Å². The molecule has 1 unspecified atom stereocenters. The highest BCUT2D eigenvalue weighted by Gasteiger charge is 2.33. The van der Waals surface area contributed by atoms with Crippen LogP contribution in [0, 0.1) is 13.8 Å². The number of benzene rings is 1. The van der Waals surface area contributed by atoms with E-state index in [1.807, 2.05) is 39.0 Å². The minimum atomic E-state index is -0.683. The van der Waals surface area contributed by atoms with Gasteiger partial charge in [-0.3, -0.25) is 19.3 Å². The minimum Gasteiger partial charge on any atom is -0.466 e. The first-order valence-corrected chi connectivity index (χ1v) is 8.95. The zero-order valence-corrected chi connectivity index (χ0v) is 15.6. The smallest absolute Gasteiger partial charge is 0.307 e. The molecule has 0 aromatic heterocycles. The van der Waals surface area contributed by atoms with Crippen LogP contribution in [0.2, 0.25) is 0 Å². The Morgan fingerprint density at radius 1 is 1.35 bits per heavy atom. The summed E-state index contributed by atoms with van der Waals surface area (Å²) in [6.07, 6.45) is 0.674. The van der Waals surface area contributed by atoms with Crippen LogP contribution in [-0.2, 0) is 19.1 Å². The van der Waals surface area contributed by atoms with E-state index in [1.54, 1.807) is 4.90 Å². The Labute approximate surface area is 154 Å². The maximum atomic E-state index is 12.5. The van der Waals surface area contributed by atoms with Crippen LogP contribution in [0.5, 0.6) is 0 Å². The van der Waals surface area contributed by atoms with E-state index in [9.17, 15) is 14.4 Å². The SMILES string of the molecule is CCCOC(=O)CC1C(=O)NCCN1CC(=O)Nc1cccc(C)c1C. The molecule has 2 N–H and O–H groups in total. The highest BCUT2D eigenvalue weighted by Crippen LogP contribution is 2.18. The summed E-state index contributed by atoms with van der Waals surface area (Å²) in [6, 6.07) is 5.04. The molecular weight excluding hydrogens is 334 g/mol. The molecule has 142 valence electrons. The van der Waals surface area contributed by atoms with Gasteiger partial charge in [-0.15, -0.1) is 0 Å². The molecule has 7 heteroatoms. The van der Waals surface area contributed by atoms with Crippen molar-refractivity contribution in [2.75, 3.05) is 31.6 Å². The van der Waals surface area contributed by atoms with Crippen LogP contribution >= 0.6 is 0 Å². The van der Waals surface area contributed by atoms with E-state index >= 15 is 0 Å². The van der Waals surface area contributed by atoms with Gasteiger partial charge in [-0.2, -0.15) is 0 Å². The molecule has 1 heterocycles. The average Bonchev–Trinajstić information content (AvgIpc) is 2.60. The number of anilines is 1. The van der Waals surface area contributed by atoms with Gasteiger partial charge in [-0.05, 0) is 37.5 Å². The number of amides is 2. The number of nitrogens with one attached hydrogen (secondary N) is 2. The molecular formula is C19H27N3O4. The standard InChI is InChI=1S/C19H27N3O4/c1-4-10-26-18(24)11-16-19(25)20-8-9-22(16)12-17(23)21-15-7-5-6-13(2)14(15)3/h5-7,16H,4,8-12H2,1-3H3,(H,20,25)(H,21,23). The van der Waals surface area contributed by atoms with Crippen molar-refractivity contribution in [3.05, 3.63) is 29.3 Å². The third-order valence-electron chi connectivity index (χ3n) is 4.49. The van der Waals surface area contributed by atoms with E-state index < -0.39 is 12.0 Å². The third-order valence-corrected chi connectivity index (χ3v) is 4.49. The fraction of sp³-hybridized carbons (Fsp3) is 0.526. The first-order valence-electron chi connectivity index (χ1n) is 8.95. The van der Waals surface area contributed by atoms with Gasteiger partial charge in [-0.1, -0.05) is 19.1 Å². The summed E-state index contributed by atoms with van der Waals surface area (Å²) >= 11 is 0. The molecule has 2 amide bonds. The van der Waals surface area contributed by atoms with Crippen LogP contribution in [0.25, 0.3) is 0 Å². The lowest BCUT2D eigenvalue weighted by Gasteiger charge is -2.33. The van der Waals surface area contributed by atoms with Crippen LogP contribution in [0.4, 0.5) is 5.69 Å². The molecule has 1 aromatic rings. The third kappa shape index (κ3) is 5.29. The summed E-state index contributed by atoms with van der Waals surface area (Å²) in [4.78, 5) is 38.2. The van der Waals surface area contributed by atoms with Crippen molar-refractivity contribution in [1.29, 1.82) is 0 Å². The zero-order chi connectivity index (χ0) is 19.1. The quantitative estimate of drug-likeness (QED) is 0.717. The summed E-state index contributed by atoms with van der Waals surface area (Å²) in [5, 5.41) is 5.64. The van der Waals surface area contributed by atoms with Gasteiger partial charge in [0.2, 0.25) is 11.8 Å². The van der Waals surface area contributed by atoms with Crippen LogP contribution in [0.1, 0.15) is 30.9 Å². The molecule has 0 spiro atoms. The molecule has 1 aliphatic rings. The lowest BCUT2D eigenvalue weighted by molar-refractivity contribution is -0.148. The molecule has 1 aliphatic heterocycles. The van der Waals surface area contributed by atoms with E-state index in [-0.39, 0.29) is 24.8 Å². The molecule has 2 rings (SSSR count). The van der Waals surface area contributed by atoms with Gasteiger partial charge in [0, 0.05) is 18.8 Å². The second kappa shape index (κ2) is 9.33. The van der Waals surface area contributed by atoms with E-state index in [1.165, 1.54) is 0 Å². The number of piperazine rings is 1. The number of rotatable bonds is 7. The number of aryl methyl sites for hydroxylation is 1. The molecule has 0 saturated carbocycles. The van der Waals surface area contributed by atoms with Crippen molar-refractivity contribution in [2.45, 2.75) is 39.7 Å². The predicted octanol–water partition coefficient (Wildman–Crippen LogP) is 1.39. The van der Waals surface area contributed by atoms with Crippen molar-refractivity contribution in [3.63, 3.8) is 0 Å². The molecule has 0 aliphatic carbocycles. The van der Waals surface area contributed by atoms with Crippen LogP contribution in [0.15, 0.2) is 18.2 Å². The monoisotopic (exact) mass is 361 g/mol. The molecule has 0 bridgehead atoms. The lowest BCUT2D eigenvalue weighted by atomic mass is 10.1. The Kier molecular flexibility index (Phi) is 7.15. The Morgan fingerprint density at radius 2 is 2.12 bits per heavy atom. The van der Waals surface area contributed by atoms with Crippen LogP contribution in [0.3, 0.4) is 0 Å². The fourth-order valence-electron chi connectivity index (χ4n) is 2.87. The maximum Gasteiger partial charge on any atom is 0.307 e. The number of hydrogen-bond donors (Lipinski definition) is 2. The highest BCUT2D eigenvalue weighted by molar-refractivity contribution is 5.94. The topological polar surface area (TPSA) is 87.7 Å². The number of ether oxygens (including phenoxy) is 1. The zero-order valence-electron chi connectivity index (χ0n) is 15.6. The van der Waals surface area contributed by atoms with Gasteiger partial charge < -0.3 is 15.4 Å². The van der Waals surface area contributed by atoms with Crippen LogP contribution < -0.4 is 10.6 Å². The molecule has 7 nitrogen and oxygen atoms in total. The van der Waals surface area contributed by atoms with Gasteiger partial charge in [0.25, 0.3) is 0 Å². The lowest BCUT2D eigenvalue weighted by Crippen LogP contribution is -2.57. The van der Waals surface area contributed by atoms with E-state index in [0.29, 0.717) is 19.7 Å². The number of nitrogens with zero attached hydrogens (tertiary/aromatic N) is 1. The molecule has 1 aromatic carbocycles. The minimum absolute atomic E-state index is 0.0481. The summed E-state index contributed by atoms with van der Waals surface area (Å²) < 4.78 is 5.07. The molecule has 1 fully saturated rings. The largest absolute Gasteiger partial charge is 0.466 e. The highest BCUT2D eigenvalue weighted by atomic mass is 16.5. The van der Waals surface area contributed by atoms with Crippen molar-refractivity contribution in [2.24, 2.45) is 0 Å². The van der Waals surface area contributed by atoms with E-state index in [2.05, 4.69) is 10.6 Å². The van der Waals surface area contributed by atoms with E-state index in [4.69, 9.17) is 4.74 Å². The molecule has 1 atom stereocenters. The Balaban J connectivity index is 2.00. The summed E-state index contributed by atoms with van der Waals surface area (Å²) in [7, 11) is 0. The Hall–Kier alpha value is -2.41. The van der Waals surface area contributed by atoms with E-state index in [0.717, 1.165) is 23.2 Å². The summed E-state index contributed by atoms with van der Waals surface area (Å²) in [6.45, 7) is 7.19. The average molecular weight is 361 g/mol. The predicted molar refractivity (Wildman–Crippen MR) is 98.8 cm³/mol. The Morgan fingerprint density at radius 3 is 2.85 bits per heavy atom. The fourth-order valence-corrected chi connectivity index (χ4v) is 2.87. The first kappa shape index (κ1) is 19.9. The van der Waals surface area contributed by atoms with Crippen molar-refractivity contribution in [3.8, 4) is 0 Å². The van der Waals surface area contributed by atoms with Gasteiger partial charge in [0.1, 0.15) is 6.04 Å². The number of esters is 1. The van der Waals surface area contributed by atoms with Gasteiger partial charge in [0.05, 0.1) is 19.6 Å². The number of carbonyl (C=O) groups is 3. The molecule has 26 heavy (non-hydrogen) atoms. The normalized spacial score (nSPS) is 17.5. The summed E-state index contributed by atoms with van der Waals surface area (Å²) in [5.74, 6) is -0.876. The van der Waals surface area contributed by atoms with Crippen molar-refractivity contribution < 1.29 is 19.1 Å². The first-order chi connectivity index (χ1) is 12.4. The van der Waals surface area contributed by atoms with Crippen molar-refractivity contribution >= 4 is 23.5 Å².